The fraction of sp³-hybridized carbons (Fsp3) is 0.231. The highest BCUT2D eigenvalue weighted by atomic mass is 32.2. The molecule has 2 rings (SSSR count). The second-order valence-electron chi connectivity index (χ2n) is 4.17. The number of hydrogen-bond acceptors (Lipinski definition) is 6. The van der Waals surface area contributed by atoms with Gasteiger partial charge in [-0.2, -0.15) is 0 Å². The van der Waals surface area contributed by atoms with Crippen LogP contribution in [0.2, 0.25) is 0 Å². The molecule has 0 radical (unpaired) electrons. The van der Waals surface area contributed by atoms with Crippen molar-refractivity contribution in [2.45, 2.75) is 12.7 Å². The number of anilines is 1. The van der Waals surface area contributed by atoms with Crippen molar-refractivity contribution in [1.82, 2.24) is 9.97 Å². The number of rotatable bonds is 6. The number of carboxylic acid groups (broad SMARTS) is 1. The van der Waals surface area contributed by atoms with E-state index in [0.29, 0.717) is 11.4 Å². The van der Waals surface area contributed by atoms with Gasteiger partial charge in [-0.25, -0.2) is 9.78 Å². The topological polar surface area (TPSA) is 92.2 Å². The van der Waals surface area contributed by atoms with Gasteiger partial charge < -0.3 is 10.4 Å². The van der Waals surface area contributed by atoms with Crippen LogP contribution in [0.1, 0.15) is 21.1 Å². The number of pyridine rings is 1. The first-order chi connectivity index (χ1) is 10.0. The molecule has 0 aromatic carbocycles. The maximum atomic E-state index is 11.8. The lowest BCUT2D eigenvalue weighted by molar-refractivity contribution is -0.113. The molecule has 2 heterocycles. The van der Waals surface area contributed by atoms with E-state index in [0.717, 1.165) is 10.7 Å². The molecule has 0 aliphatic carbocycles. The molecule has 6 nitrogen and oxygen atoms in total. The number of thiazole rings is 1. The van der Waals surface area contributed by atoms with E-state index in [4.69, 9.17) is 5.11 Å². The highest BCUT2D eigenvalue weighted by Gasteiger charge is 2.08. The Hall–Kier alpha value is -1.93. The number of amides is 1. The number of carboxylic acids is 1. The number of hydrogen-bond donors (Lipinski definition) is 2. The molecular formula is C13H13N3O3S2. The average molecular weight is 323 g/mol. The lowest BCUT2D eigenvalue weighted by atomic mass is 10.2. The van der Waals surface area contributed by atoms with Crippen molar-refractivity contribution in [3.63, 3.8) is 0 Å². The van der Waals surface area contributed by atoms with Gasteiger partial charge in [0.1, 0.15) is 0 Å². The third-order valence-corrected chi connectivity index (χ3v) is 4.21. The van der Waals surface area contributed by atoms with Crippen LogP contribution in [0.5, 0.6) is 0 Å². The highest BCUT2D eigenvalue weighted by molar-refractivity contribution is 7.99. The first-order valence-electron chi connectivity index (χ1n) is 6.01. The molecule has 8 heteroatoms. The van der Waals surface area contributed by atoms with Crippen LogP contribution in [0, 0.1) is 6.92 Å². The fourth-order valence-electron chi connectivity index (χ4n) is 1.55. The van der Waals surface area contributed by atoms with Gasteiger partial charge in [0.05, 0.1) is 33.9 Å². The van der Waals surface area contributed by atoms with Crippen molar-refractivity contribution >= 4 is 40.7 Å². The van der Waals surface area contributed by atoms with E-state index >= 15 is 0 Å². The number of aromatic nitrogens is 2. The summed E-state index contributed by atoms with van der Waals surface area (Å²) in [5, 5.41) is 14.5. The number of aromatic carboxylic acids is 1. The van der Waals surface area contributed by atoms with E-state index in [1.165, 1.54) is 30.2 Å². The van der Waals surface area contributed by atoms with Gasteiger partial charge >= 0.3 is 5.97 Å². The lowest BCUT2D eigenvalue weighted by Crippen LogP contribution is -2.15. The minimum absolute atomic E-state index is 0.0402. The van der Waals surface area contributed by atoms with Crippen molar-refractivity contribution in [3.05, 3.63) is 40.1 Å². The van der Waals surface area contributed by atoms with Crippen molar-refractivity contribution < 1.29 is 14.7 Å². The average Bonchev–Trinajstić information content (AvgIpc) is 2.84. The van der Waals surface area contributed by atoms with Gasteiger partial charge in [-0.3, -0.25) is 9.78 Å². The minimum Gasteiger partial charge on any atom is -0.478 e. The molecule has 21 heavy (non-hydrogen) atoms. The normalized spacial score (nSPS) is 10.3. The third kappa shape index (κ3) is 4.83. The molecule has 0 aliphatic heterocycles. The molecule has 0 saturated carbocycles. The van der Waals surface area contributed by atoms with Crippen LogP contribution in [-0.4, -0.2) is 32.7 Å². The van der Waals surface area contributed by atoms with E-state index in [9.17, 15) is 9.59 Å². The van der Waals surface area contributed by atoms with Gasteiger partial charge in [-0.05, 0) is 13.0 Å². The SMILES string of the molecule is Cc1nc(CSCC(=O)Nc2cncc(C(=O)O)c2)cs1. The monoisotopic (exact) mass is 323 g/mol. The summed E-state index contributed by atoms with van der Waals surface area (Å²) >= 11 is 3.03. The number of nitrogens with one attached hydrogen (secondary N) is 1. The second-order valence-corrected chi connectivity index (χ2v) is 6.21. The van der Waals surface area contributed by atoms with Crippen LogP contribution in [-0.2, 0) is 10.5 Å². The van der Waals surface area contributed by atoms with Crippen LogP contribution >= 0.6 is 23.1 Å². The van der Waals surface area contributed by atoms with Crippen LogP contribution < -0.4 is 5.32 Å². The van der Waals surface area contributed by atoms with E-state index in [1.807, 2.05) is 12.3 Å². The summed E-state index contributed by atoms with van der Waals surface area (Å²) in [5.74, 6) is -0.331. The molecule has 0 fully saturated rings. The molecular weight excluding hydrogens is 310 g/mol. The lowest BCUT2D eigenvalue weighted by Gasteiger charge is -2.05. The Labute approximate surface area is 129 Å². The van der Waals surface area contributed by atoms with Crippen molar-refractivity contribution in [3.8, 4) is 0 Å². The number of aryl methyl sites for hydroxylation is 1. The summed E-state index contributed by atoms with van der Waals surface area (Å²) < 4.78 is 0. The van der Waals surface area contributed by atoms with Gasteiger partial charge in [0.15, 0.2) is 0 Å². The summed E-state index contributed by atoms with van der Waals surface area (Å²) in [6.45, 7) is 1.94. The number of thioether (sulfide) groups is 1. The molecule has 0 atom stereocenters. The Balaban J connectivity index is 1.81. The van der Waals surface area contributed by atoms with E-state index in [2.05, 4.69) is 15.3 Å². The fourth-order valence-corrected chi connectivity index (χ4v) is 2.98. The maximum Gasteiger partial charge on any atom is 0.337 e. The smallest absolute Gasteiger partial charge is 0.337 e. The Morgan fingerprint density at radius 2 is 2.24 bits per heavy atom. The second kappa shape index (κ2) is 7.19. The largest absolute Gasteiger partial charge is 0.478 e. The summed E-state index contributed by atoms with van der Waals surface area (Å²) in [4.78, 5) is 30.7. The molecule has 2 N–H and O–H groups in total. The first kappa shape index (κ1) is 15.5. The van der Waals surface area contributed by atoms with E-state index in [-0.39, 0.29) is 17.2 Å². The van der Waals surface area contributed by atoms with Crippen molar-refractivity contribution in [2.24, 2.45) is 0 Å². The predicted molar refractivity (Wildman–Crippen MR) is 82.8 cm³/mol. The number of carbonyl (C=O) groups excluding carboxylic acids is 1. The quantitative estimate of drug-likeness (QED) is 0.848. The summed E-state index contributed by atoms with van der Waals surface area (Å²) in [7, 11) is 0. The van der Waals surface area contributed by atoms with Gasteiger partial charge in [0, 0.05) is 17.3 Å². The number of nitrogens with zero attached hydrogens (tertiary/aromatic N) is 2. The summed E-state index contributed by atoms with van der Waals surface area (Å²) in [6, 6.07) is 1.38. The summed E-state index contributed by atoms with van der Waals surface area (Å²) in [6.07, 6.45) is 2.65. The van der Waals surface area contributed by atoms with Crippen LogP contribution in [0.25, 0.3) is 0 Å². The Morgan fingerprint density at radius 3 is 2.90 bits per heavy atom. The Morgan fingerprint density at radius 1 is 1.43 bits per heavy atom. The van der Waals surface area contributed by atoms with Crippen LogP contribution in [0.15, 0.2) is 23.8 Å². The molecule has 0 aliphatic rings. The van der Waals surface area contributed by atoms with E-state index < -0.39 is 5.97 Å². The van der Waals surface area contributed by atoms with Crippen LogP contribution in [0.4, 0.5) is 5.69 Å². The molecule has 0 spiro atoms. The molecule has 0 saturated heterocycles. The summed E-state index contributed by atoms with van der Waals surface area (Å²) in [5.41, 5.74) is 1.38. The molecule has 0 unspecified atom stereocenters. The zero-order valence-corrected chi connectivity index (χ0v) is 12.8. The van der Waals surface area contributed by atoms with Gasteiger partial charge in [0.25, 0.3) is 0 Å². The highest BCUT2D eigenvalue weighted by Crippen LogP contribution is 2.15. The Bertz CT molecular complexity index is 658. The van der Waals surface area contributed by atoms with Crippen molar-refractivity contribution in [2.75, 3.05) is 11.1 Å². The van der Waals surface area contributed by atoms with Crippen LogP contribution in [0.3, 0.4) is 0 Å². The number of carbonyl (C=O) groups is 2. The molecule has 1 amide bonds. The van der Waals surface area contributed by atoms with E-state index in [1.54, 1.807) is 11.3 Å². The van der Waals surface area contributed by atoms with Gasteiger partial charge in [-0.1, -0.05) is 0 Å². The third-order valence-electron chi connectivity index (χ3n) is 2.42. The minimum atomic E-state index is -1.08. The molecule has 110 valence electrons. The predicted octanol–water partition coefficient (Wildman–Crippen LogP) is 2.42. The standard InChI is InChI=1S/C13H13N3O3S2/c1-8-15-11(6-21-8)5-20-7-12(17)16-10-2-9(13(18)19)3-14-4-10/h2-4,6H,5,7H2,1H3,(H,16,17)(H,18,19). The van der Waals surface area contributed by atoms with Gasteiger partial charge in [0.2, 0.25) is 5.91 Å². The van der Waals surface area contributed by atoms with Crippen molar-refractivity contribution in [1.29, 1.82) is 0 Å². The first-order valence-corrected chi connectivity index (χ1v) is 8.05. The zero-order valence-electron chi connectivity index (χ0n) is 11.2. The molecule has 2 aromatic rings. The Kier molecular flexibility index (Phi) is 5.29. The molecule has 0 bridgehead atoms. The molecule has 2 aromatic heterocycles. The van der Waals surface area contributed by atoms with Gasteiger partial charge in [-0.15, -0.1) is 23.1 Å². The zero-order chi connectivity index (χ0) is 15.2. The maximum absolute atomic E-state index is 11.8.